The van der Waals surface area contributed by atoms with Crippen LogP contribution in [-0.2, 0) is 11.3 Å². The maximum absolute atomic E-state index is 12.1. The highest BCUT2D eigenvalue weighted by molar-refractivity contribution is 5.90. The van der Waals surface area contributed by atoms with Crippen LogP contribution in [-0.4, -0.2) is 52.4 Å². The molecule has 0 unspecified atom stereocenters. The molecule has 0 spiro atoms. The van der Waals surface area contributed by atoms with Gasteiger partial charge in [0.25, 0.3) is 0 Å². The smallest absolute Gasteiger partial charge is 0.227 e. The first kappa shape index (κ1) is 21.0. The molecule has 2 heterocycles. The Labute approximate surface area is 176 Å². The molecule has 3 rings (SSSR count). The van der Waals surface area contributed by atoms with E-state index in [1.807, 2.05) is 61.5 Å². The molecule has 8 nitrogen and oxygen atoms in total. The minimum absolute atomic E-state index is 0.101. The Kier molecular flexibility index (Phi) is 7.15. The second-order valence-electron chi connectivity index (χ2n) is 6.96. The standard InChI is InChI=1S/C22H27N7O/c1-16-9-10-19(25-13-16)28-21(30)11-12-24-22(23-2)29(3)15-20-26-14-18(27-20)17-7-5-4-6-8-17/h4-10,13-14H,11-12,15H2,1-3H3,(H,23,24)(H,26,27)(H,25,28,30). The summed E-state index contributed by atoms with van der Waals surface area (Å²) in [5.41, 5.74) is 3.12. The predicted molar refractivity (Wildman–Crippen MR) is 119 cm³/mol. The maximum atomic E-state index is 12.1. The Hall–Kier alpha value is -3.68. The van der Waals surface area contributed by atoms with Crippen molar-refractivity contribution in [1.29, 1.82) is 0 Å². The van der Waals surface area contributed by atoms with Gasteiger partial charge in [0.05, 0.1) is 18.4 Å². The summed E-state index contributed by atoms with van der Waals surface area (Å²) in [4.78, 5) is 30.3. The number of aromatic amines is 1. The number of carbonyl (C=O) groups is 1. The number of aliphatic imine (C=N–C) groups is 1. The van der Waals surface area contributed by atoms with Crippen molar-refractivity contribution in [2.75, 3.05) is 26.0 Å². The van der Waals surface area contributed by atoms with Gasteiger partial charge >= 0.3 is 0 Å². The molecule has 2 aromatic heterocycles. The van der Waals surface area contributed by atoms with E-state index in [1.54, 1.807) is 19.3 Å². The number of pyridine rings is 1. The third-order valence-electron chi connectivity index (χ3n) is 4.49. The fraction of sp³-hybridized carbons (Fsp3) is 0.273. The summed E-state index contributed by atoms with van der Waals surface area (Å²) < 4.78 is 0. The molecule has 156 valence electrons. The van der Waals surface area contributed by atoms with Crippen LogP contribution in [0.15, 0.2) is 59.9 Å². The summed E-state index contributed by atoms with van der Waals surface area (Å²) in [7, 11) is 3.64. The molecule has 30 heavy (non-hydrogen) atoms. The third kappa shape index (κ3) is 5.91. The van der Waals surface area contributed by atoms with E-state index in [1.165, 1.54) is 0 Å². The van der Waals surface area contributed by atoms with Gasteiger partial charge in [0.15, 0.2) is 5.96 Å². The maximum Gasteiger partial charge on any atom is 0.227 e. The number of nitrogens with zero attached hydrogens (tertiary/aromatic N) is 4. The zero-order valence-corrected chi connectivity index (χ0v) is 17.5. The summed E-state index contributed by atoms with van der Waals surface area (Å²) >= 11 is 0. The summed E-state index contributed by atoms with van der Waals surface area (Å²) in [6, 6.07) is 13.8. The number of carbonyl (C=O) groups excluding carboxylic acids is 1. The van der Waals surface area contributed by atoms with E-state index in [9.17, 15) is 4.79 Å². The van der Waals surface area contributed by atoms with E-state index in [0.717, 1.165) is 22.6 Å². The van der Waals surface area contributed by atoms with E-state index >= 15 is 0 Å². The van der Waals surface area contributed by atoms with Gasteiger partial charge in [-0.05, 0) is 24.1 Å². The van der Waals surface area contributed by atoms with Crippen LogP contribution in [0.2, 0.25) is 0 Å². The molecule has 0 aliphatic rings. The molecule has 0 aliphatic heterocycles. The minimum Gasteiger partial charge on any atom is -0.356 e. The normalized spacial score (nSPS) is 11.2. The Morgan fingerprint density at radius 3 is 2.63 bits per heavy atom. The Bertz CT molecular complexity index is 980. The number of hydrogen-bond acceptors (Lipinski definition) is 4. The fourth-order valence-electron chi connectivity index (χ4n) is 2.93. The van der Waals surface area contributed by atoms with Gasteiger partial charge in [-0.2, -0.15) is 0 Å². The quantitative estimate of drug-likeness (QED) is 0.415. The molecule has 0 atom stereocenters. The number of anilines is 1. The zero-order chi connectivity index (χ0) is 21.3. The Morgan fingerprint density at radius 2 is 1.93 bits per heavy atom. The number of nitrogens with one attached hydrogen (secondary N) is 3. The average Bonchev–Trinajstić information content (AvgIpc) is 3.22. The van der Waals surface area contributed by atoms with E-state index in [2.05, 4.69) is 30.6 Å². The molecular formula is C22H27N7O. The summed E-state index contributed by atoms with van der Waals surface area (Å²) in [5, 5.41) is 6.00. The van der Waals surface area contributed by atoms with Crippen LogP contribution in [0.1, 0.15) is 17.8 Å². The van der Waals surface area contributed by atoms with Crippen LogP contribution in [0.4, 0.5) is 5.82 Å². The molecule has 8 heteroatoms. The molecule has 0 aliphatic carbocycles. The number of aryl methyl sites for hydroxylation is 1. The van der Waals surface area contributed by atoms with Gasteiger partial charge in [-0.1, -0.05) is 36.4 Å². The molecule has 0 fully saturated rings. The molecule has 3 aromatic rings. The van der Waals surface area contributed by atoms with Gasteiger partial charge in [-0.25, -0.2) is 9.97 Å². The van der Waals surface area contributed by atoms with E-state index in [-0.39, 0.29) is 5.91 Å². The predicted octanol–water partition coefficient (Wildman–Crippen LogP) is 2.82. The van der Waals surface area contributed by atoms with Gasteiger partial charge in [0.1, 0.15) is 11.6 Å². The third-order valence-corrected chi connectivity index (χ3v) is 4.49. The lowest BCUT2D eigenvalue weighted by Crippen LogP contribution is -2.39. The molecule has 1 aromatic carbocycles. The van der Waals surface area contributed by atoms with Crippen molar-refractivity contribution >= 4 is 17.7 Å². The van der Waals surface area contributed by atoms with Crippen LogP contribution in [0.3, 0.4) is 0 Å². The highest BCUT2D eigenvalue weighted by Gasteiger charge is 2.11. The first-order valence-electron chi connectivity index (χ1n) is 9.78. The number of amides is 1. The highest BCUT2D eigenvalue weighted by atomic mass is 16.1. The van der Waals surface area contributed by atoms with Gasteiger partial charge in [0.2, 0.25) is 5.91 Å². The lowest BCUT2D eigenvalue weighted by Gasteiger charge is -2.21. The first-order chi connectivity index (χ1) is 14.5. The second-order valence-corrected chi connectivity index (χ2v) is 6.96. The van der Waals surface area contributed by atoms with Crippen molar-refractivity contribution in [3.8, 4) is 11.3 Å². The number of guanidine groups is 1. The number of rotatable bonds is 7. The monoisotopic (exact) mass is 405 g/mol. The number of hydrogen-bond donors (Lipinski definition) is 3. The molecular weight excluding hydrogens is 378 g/mol. The van der Waals surface area contributed by atoms with Crippen LogP contribution in [0.25, 0.3) is 11.3 Å². The van der Waals surface area contributed by atoms with Gasteiger partial charge < -0.3 is 20.5 Å². The molecule has 0 radical (unpaired) electrons. The minimum atomic E-state index is -0.101. The largest absolute Gasteiger partial charge is 0.356 e. The molecule has 0 saturated heterocycles. The van der Waals surface area contributed by atoms with Gasteiger partial charge in [-0.3, -0.25) is 9.79 Å². The van der Waals surface area contributed by atoms with Crippen molar-refractivity contribution in [1.82, 2.24) is 25.2 Å². The second kappa shape index (κ2) is 10.2. The van der Waals surface area contributed by atoms with Gasteiger partial charge in [0, 0.05) is 33.3 Å². The van der Waals surface area contributed by atoms with E-state index < -0.39 is 0 Å². The molecule has 0 saturated carbocycles. The summed E-state index contributed by atoms with van der Waals surface area (Å²) in [6.45, 7) is 2.98. The number of imidazole rings is 1. The van der Waals surface area contributed by atoms with Gasteiger partial charge in [-0.15, -0.1) is 0 Å². The topological polar surface area (TPSA) is 98.3 Å². The zero-order valence-electron chi connectivity index (χ0n) is 17.5. The van der Waals surface area contributed by atoms with Crippen LogP contribution in [0.5, 0.6) is 0 Å². The SMILES string of the molecule is CN=C(NCCC(=O)Nc1ccc(C)cn1)N(C)Cc1ncc(-c2ccccc2)[nH]1. The van der Waals surface area contributed by atoms with Crippen molar-refractivity contribution in [2.45, 2.75) is 19.9 Å². The number of aromatic nitrogens is 3. The summed E-state index contributed by atoms with van der Waals surface area (Å²) in [6.07, 6.45) is 3.86. The van der Waals surface area contributed by atoms with Crippen molar-refractivity contribution in [3.05, 3.63) is 66.2 Å². The van der Waals surface area contributed by atoms with E-state index in [0.29, 0.717) is 31.3 Å². The van der Waals surface area contributed by atoms with Crippen LogP contribution < -0.4 is 10.6 Å². The highest BCUT2D eigenvalue weighted by Crippen LogP contribution is 2.16. The Morgan fingerprint density at radius 1 is 1.13 bits per heavy atom. The lowest BCUT2D eigenvalue weighted by molar-refractivity contribution is -0.116. The van der Waals surface area contributed by atoms with Crippen LogP contribution in [0, 0.1) is 6.92 Å². The lowest BCUT2D eigenvalue weighted by atomic mass is 10.2. The Balaban J connectivity index is 1.47. The first-order valence-corrected chi connectivity index (χ1v) is 9.78. The molecule has 3 N–H and O–H groups in total. The average molecular weight is 406 g/mol. The molecule has 0 bridgehead atoms. The van der Waals surface area contributed by atoms with Crippen molar-refractivity contribution in [2.24, 2.45) is 4.99 Å². The van der Waals surface area contributed by atoms with E-state index in [4.69, 9.17) is 0 Å². The van der Waals surface area contributed by atoms with Crippen molar-refractivity contribution < 1.29 is 4.79 Å². The summed E-state index contributed by atoms with van der Waals surface area (Å²) in [5.74, 6) is 1.98. The number of H-pyrrole nitrogens is 1. The fourth-order valence-corrected chi connectivity index (χ4v) is 2.93. The van der Waals surface area contributed by atoms with Crippen LogP contribution >= 0.6 is 0 Å². The molecule has 1 amide bonds. The number of benzene rings is 1. The van der Waals surface area contributed by atoms with Crippen molar-refractivity contribution in [3.63, 3.8) is 0 Å².